The molecule has 0 radical (unpaired) electrons. The van der Waals surface area contributed by atoms with Crippen molar-refractivity contribution >= 4 is 59.0 Å². The molecule has 1 aliphatic heterocycles. The maximum atomic E-state index is 5.03. The summed E-state index contributed by atoms with van der Waals surface area (Å²) < 4.78 is 1.25. The van der Waals surface area contributed by atoms with Gasteiger partial charge in [-0.15, -0.1) is 24.0 Å². The Morgan fingerprint density at radius 1 is 0.889 bits per heavy atom. The number of hydrogen-bond donors (Lipinski definition) is 2. The molecular formula is C51H49NS2. The second-order valence-electron chi connectivity index (χ2n) is 14.2. The number of nitrogens with one attached hydrogen (secondary N) is 1. The van der Waals surface area contributed by atoms with E-state index in [-0.39, 0.29) is 0 Å². The van der Waals surface area contributed by atoms with E-state index in [2.05, 4.69) is 174 Å². The van der Waals surface area contributed by atoms with Crippen LogP contribution in [0.1, 0.15) is 78.3 Å². The summed E-state index contributed by atoms with van der Waals surface area (Å²) in [4.78, 5) is 2.26. The van der Waals surface area contributed by atoms with E-state index in [1.54, 1.807) is 5.57 Å². The Balaban J connectivity index is 1.07. The number of hydrogen-bond acceptors (Lipinski definition) is 3. The molecule has 5 aromatic rings. The highest BCUT2D eigenvalue weighted by molar-refractivity contribution is 7.80. The van der Waals surface area contributed by atoms with E-state index in [1.165, 1.54) is 71.6 Å². The highest BCUT2D eigenvalue weighted by atomic mass is 32.1. The Kier molecular flexibility index (Phi) is 11.4. The fraction of sp³-hybridized carbons (Fsp3) is 0.176. The predicted molar refractivity (Wildman–Crippen MR) is 241 cm³/mol. The number of benzene rings is 4. The van der Waals surface area contributed by atoms with Crippen molar-refractivity contribution in [2.75, 3.05) is 6.54 Å². The average molecular weight is 740 g/mol. The first kappa shape index (κ1) is 37.2. The van der Waals surface area contributed by atoms with Gasteiger partial charge in [-0.1, -0.05) is 148 Å². The Morgan fingerprint density at radius 3 is 2.30 bits per heavy atom. The fourth-order valence-electron chi connectivity index (χ4n) is 7.77. The molecule has 0 saturated carbocycles. The second kappa shape index (κ2) is 16.5. The minimum Gasteiger partial charge on any atom is -0.384 e. The summed E-state index contributed by atoms with van der Waals surface area (Å²) in [6.45, 7) is 18.7. The van der Waals surface area contributed by atoms with Crippen LogP contribution in [0.25, 0.3) is 57.3 Å². The third-order valence-corrected chi connectivity index (χ3v) is 12.5. The zero-order valence-electron chi connectivity index (χ0n) is 31.9. The van der Waals surface area contributed by atoms with Gasteiger partial charge in [0.2, 0.25) is 0 Å². The monoisotopic (exact) mass is 739 g/mol. The predicted octanol–water partition coefficient (Wildman–Crippen LogP) is 12.6. The van der Waals surface area contributed by atoms with Crippen LogP contribution in [0.3, 0.4) is 0 Å². The smallest absolute Gasteiger partial charge is 0.0424 e. The molecule has 2 heterocycles. The zero-order valence-corrected chi connectivity index (χ0v) is 33.6. The standard InChI is InChI=1S/C51H49NS2/c1-7-13-41-31-32-52-49(41)45-20-11-18-43(35(45)5)38-25-23-37(24-26-38)33(3)15-9-16-34(4)42-17-10-21-46(50(42)53)39-27-29-40(30-28-39)47(14-8-2)51-36(6)44-19-12-22-48(44)54-51/h8-12,14-18,20-30,52-53H,4,6-7,13,19,31-32H2,1-3,5H3/b14-8-,16-9-,33-15+,51-47-. The summed E-state index contributed by atoms with van der Waals surface area (Å²) in [5, 5.41) is 4.82. The van der Waals surface area contributed by atoms with Crippen molar-refractivity contribution < 1.29 is 0 Å². The molecule has 54 heavy (non-hydrogen) atoms. The molecule has 0 fully saturated rings. The van der Waals surface area contributed by atoms with Crippen LogP contribution in [0.2, 0.25) is 0 Å². The molecule has 0 unspecified atom stereocenters. The first-order valence-electron chi connectivity index (χ1n) is 19.1. The van der Waals surface area contributed by atoms with E-state index >= 15 is 0 Å². The molecule has 1 aliphatic carbocycles. The molecule has 0 saturated heterocycles. The summed E-state index contributed by atoms with van der Waals surface area (Å²) in [6.07, 6.45) is 19.6. The van der Waals surface area contributed by atoms with Crippen LogP contribution >= 0.6 is 24.0 Å². The van der Waals surface area contributed by atoms with Gasteiger partial charge in [0.05, 0.1) is 0 Å². The lowest BCUT2D eigenvalue weighted by Gasteiger charge is -2.15. The quantitative estimate of drug-likeness (QED) is 0.102. The van der Waals surface area contributed by atoms with Gasteiger partial charge in [0.1, 0.15) is 0 Å². The van der Waals surface area contributed by atoms with Crippen LogP contribution in [0.15, 0.2) is 138 Å². The van der Waals surface area contributed by atoms with Gasteiger partial charge in [0, 0.05) is 32.1 Å². The van der Waals surface area contributed by atoms with Gasteiger partial charge in [-0.2, -0.15) is 0 Å². The van der Waals surface area contributed by atoms with E-state index in [0.29, 0.717) is 0 Å². The summed E-state index contributed by atoms with van der Waals surface area (Å²) in [7, 11) is 0. The summed E-state index contributed by atoms with van der Waals surface area (Å²) in [5.74, 6) is 0. The molecule has 0 atom stereocenters. The van der Waals surface area contributed by atoms with Crippen molar-refractivity contribution in [3.05, 3.63) is 182 Å². The lowest BCUT2D eigenvalue weighted by atomic mass is 9.92. The molecular weight excluding hydrogens is 691 g/mol. The Hall–Kier alpha value is -5.09. The molecule has 0 amide bonds. The normalized spacial score (nSPS) is 14.7. The number of thiol groups is 1. The van der Waals surface area contributed by atoms with Gasteiger partial charge in [-0.25, -0.2) is 0 Å². The van der Waals surface area contributed by atoms with Crippen LogP contribution in [-0.2, 0) is 6.42 Å². The molecule has 2 aliphatic rings. The third kappa shape index (κ3) is 7.49. The van der Waals surface area contributed by atoms with E-state index in [1.807, 2.05) is 11.3 Å². The minimum atomic E-state index is 0.925. The molecule has 0 spiro atoms. The molecule has 270 valence electrons. The number of thiophene rings is 1. The molecule has 4 aromatic carbocycles. The van der Waals surface area contributed by atoms with Gasteiger partial charge in [0.25, 0.3) is 0 Å². The van der Waals surface area contributed by atoms with Crippen LogP contribution in [0, 0.1) is 6.92 Å². The maximum absolute atomic E-state index is 5.03. The van der Waals surface area contributed by atoms with Crippen LogP contribution < -0.4 is 15.1 Å². The van der Waals surface area contributed by atoms with Crippen molar-refractivity contribution in [1.29, 1.82) is 0 Å². The Labute approximate surface area is 331 Å². The van der Waals surface area contributed by atoms with Crippen molar-refractivity contribution in [3.63, 3.8) is 0 Å². The van der Waals surface area contributed by atoms with Gasteiger partial charge in [-0.05, 0) is 124 Å². The van der Waals surface area contributed by atoms with Gasteiger partial charge < -0.3 is 5.32 Å². The SMILES string of the molecule is C=C(/C=C\C=C(/C)c1ccc(-c2cccc(C3=C(CCC)CCN3)c2C)cc1)c1cccc(-c2ccc(C(/C=C\C)=c3\sc4c(c3=C)CC=C4)cc2)c1S. The van der Waals surface area contributed by atoms with Gasteiger partial charge in [-0.3, -0.25) is 0 Å². The first-order valence-corrected chi connectivity index (χ1v) is 20.3. The van der Waals surface area contributed by atoms with Crippen molar-refractivity contribution in [2.45, 2.75) is 58.3 Å². The molecule has 1 aromatic heterocycles. The molecule has 3 heteroatoms. The highest BCUT2D eigenvalue weighted by Crippen LogP contribution is 2.35. The van der Waals surface area contributed by atoms with Gasteiger partial charge >= 0.3 is 0 Å². The lowest BCUT2D eigenvalue weighted by Crippen LogP contribution is -2.22. The summed E-state index contributed by atoms with van der Waals surface area (Å²) in [5.41, 5.74) is 18.5. The largest absolute Gasteiger partial charge is 0.384 e. The first-order chi connectivity index (χ1) is 26.3. The van der Waals surface area contributed by atoms with E-state index in [0.717, 1.165) is 58.2 Å². The summed E-state index contributed by atoms with van der Waals surface area (Å²) in [6, 6.07) is 30.8. The Bertz CT molecular complexity index is 2500. The third-order valence-electron chi connectivity index (χ3n) is 10.7. The van der Waals surface area contributed by atoms with E-state index < -0.39 is 0 Å². The second-order valence-corrected chi connectivity index (χ2v) is 15.7. The highest BCUT2D eigenvalue weighted by Gasteiger charge is 2.18. The molecule has 1 N–H and O–H groups in total. The van der Waals surface area contributed by atoms with E-state index in [4.69, 9.17) is 12.6 Å². The van der Waals surface area contributed by atoms with Crippen molar-refractivity contribution in [3.8, 4) is 22.3 Å². The number of fused-ring (bicyclic) bond motifs is 1. The maximum Gasteiger partial charge on any atom is 0.0424 e. The molecule has 7 rings (SSSR count). The zero-order chi connectivity index (χ0) is 37.8. The van der Waals surface area contributed by atoms with Crippen LogP contribution in [0.5, 0.6) is 0 Å². The Morgan fingerprint density at radius 2 is 1.57 bits per heavy atom. The van der Waals surface area contributed by atoms with Crippen LogP contribution in [-0.4, -0.2) is 6.54 Å². The van der Waals surface area contributed by atoms with Crippen molar-refractivity contribution in [2.24, 2.45) is 0 Å². The summed E-state index contributed by atoms with van der Waals surface area (Å²) >= 11 is 6.87. The minimum absolute atomic E-state index is 0.925. The van der Waals surface area contributed by atoms with Gasteiger partial charge in [0.15, 0.2) is 0 Å². The van der Waals surface area contributed by atoms with Crippen LogP contribution in [0.4, 0.5) is 0 Å². The average Bonchev–Trinajstić information content (AvgIpc) is 3.93. The molecule has 1 nitrogen and oxygen atoms in total. The number of allylic oxidation sites excluding steroid dienone is 8. The van der Waals surface area contributed by atoms with Crippen molar-refractivity contribution in [1.82, 2.24) is 5.32 Å². The lowest BCUT2D eigenvalue weighted by molar-refractivity contribution is 0.844. The number of rotatable bonds is 11. The fourth-order valence-corrected chi connectivity index (χ4v) is 9.44. The molecule has 0 bridgehead atoms. The topological polar surface area (TPSA) is 12.0 Å². The van der Waals surface area contributed by atoms with E-state index in [9.17, 15) is 0 Å².